The summed E-state index contributed by atoms with van der Waals surface area (Å²) in [7, 11) is 0. The predicted molar refractivity (Wildman–Crippen MR) is 136 cm³/mol. The summed E-state index contributed by atoms with van der Waals surface area (Å²) < 4.78 is 1.52. The van der Waals surface area contributed by atoms with E-state index in [-0.39, 0.29) is 34.7 Å². The van der Waals surface area contributed by atoms with Crippen LogP contribution >= 0.6 is 0 Å². The van der Waals surface area contributed by atoms with E-state index >= 15 is 0 Å². The van der Waals surface area contributed by atoms with Gasteiger partial charge in [0.05, 0.1) is 36.0 Å². The molecule has 9 heteroatoms. The zero-order valence-corrected chi connectivity index (χ0v) is 19.8. The van der Waals surface area contributed by atoms with Crippen molar-refractivity contribution in [3.05, 3.63) is 107 Å². The number of hydrogen-bond acceptors (Lipinski definition) is 6. The lowest BCUT2D eigenvalue weighted by Gasteiger charge is -2.34. The minimum atomic E-state index is -0.508. The molecule has 1 atom stereocenters. The van der Waals surface area contributed by atoms with E-state index < -0.39 is 5.91 Å². The van der Waals surface area contributed by atoms with Crippen LogP contribution in [-0.2, 0) is 6.54 Å². The molecule has 0 saturated heterocycles. The van der Waals surface area contributed by atoms with E-state index in [4.69, 9.17) is 5.26 Å². The number of amides is 2. The monoisotopic (exact) mass is 491 g/mol. The molecule has 0 bridgehead atoms. The Morgan fingerprint density at radius 3 is 2.54 bits per heavy atom. The molecule has 1 aromatic heterocycles. The second-order valence-corrected chi connectivity index (χ2v) is 8.69. The number of nitrogens with zero attached hydrogens (tertiary/aromatic N) is 4. The van der Waals surface area contributed by atoms with Crippen LogP contribution in [0, 0.1) is 11.3 Å². The fourth-order valence-corrected chi connectivity index (χ4v) is 4.39. The highest BCUT2D eigenvalue weighted by atomic mass is 16.3. The van der Waals surface area contributed by atoms with Gasteiger partial charge in [0, 0.05) is 22.5 Å². The molecule has 0 fully saturated rings. The van der Waals surface area contributed by atoms with E-state index in [1.165, 1.54) is 23.0 Å². The van der Waals surface area contributed by atoms with Crippen LogP contribution < -0.4 is 10.2 Å². The first-order valence-corrected chi connectivity index (χ1v) is 11.5. The Labute approximate surface area is 212 Å². The topological polar surface area (TPSA) is 128 Å². The third-order valence-electron chi connectivity index (χ3n) is 6.15. The van der Waals surface area contributed by atoms with Crippen LogP contribution in [0.4, 0.5) is 11.4 Å². The van der Waals surface area contributed by atoms with Gasteiger partial charge in [-0.25, -0.2) is 0 Å². The number of hydrogen-bond donors (Lipinski definition) is 2. The summed E-state index contributed by atoms with van der Waals surface area (Å²) >= 11 is 0. The van der Waals surface area contributed by atoms with Crippen molar-refractivity contribution in [3.63, 3.8) is 0 Å². The Bertz CT molecular complexity index is 1580. The van der Waals surface area contributed by atoms with Crippen LogP contribution in [-0.4, -0.2) is 38.5 Å². The molecule has 1 aliphatic heterocycles. The zero-order valence-electron chi connectivity index (χ0n) is 19.8. The van der Waals surface area contributed by atoms with Crippen LogP contribution in [0.1, 0.15) is 49.3 Å². The molecule has 0 spiro atoms. The van der Waals surface area contributed by atoms with E-state index in [1.807, 2.05) is 13.0 Å². The molecular weight excluding hydrogens is 470 g/mol. The maximum absolute atomic E-state index is 13.6. The number of ketones is 1. The number of carbonyl (C=O) groups is 3. The van der Waals surface area contributed by atoms with Gasteiger partial charge in [0.25, 0.3) is 11.8 Å². The Morgan fingerprint density at radius 1 is 1.05 bits per heavy atom. The molecule has 5 rings (SSSR count). The highest BCUT2D eigenvalue weighted by molar-refractivity contribution is 6.16. The number of phenolic OH excluding ortho intramolecular Hbond substituents is 1. The third kappa shape index (κ3) is 4.44. The SMILES string of the molecule is C[C@H]1Cn2ncc(C(=O)Nc3cccc(C#N)c3)c2C(=O)N1c1ccc(C(=O)c2cccc(O)c2)cc1. The number of rotatable bonds is 5. The fraction of sp³-hybridized carbons (Fsp3) is 0.107. The molecule has 2 heterocycles. The van der Waals surface area contributed by atoms with Gasteiger partial charge in [0.1, 0.15) is 11.4 Å². The van der Waals surface area contributed by atoms with Gasteiger partial charge >= 0.3 is 0 Å². The second kappa shape index (κ2) is 9.43. The van der Waals surface area contributed by atoms with E-state index in [0.29, 0.717) is 34.6 Å². The van der Waals surface area contributed by atoms with Gasteiger partial charge in [-0.05, 0) is 61.5 Å². The third-order valence-corrected chi connectivity index (χ3v) is 6.15. The summed E-state index contributed by atoms with van der Waals surface area (Å²) in [5.41, 5.74) is 2.46. The first-order chi connectivity index (χ1) is 17.9. The van der Waals surface area contributed by atoms with Gasteiger partial charge in [-0.15, -0.1) is 0 Å². The van der Waals surface area contributed by atoms with Crippen molar-refractivity contribution in [1.29, 1.82) is 5.26 Å². The fourth-order valence-electron chi connectivity index (χ4n) is 4.39. The van der Waals surface area contributed by atoms with Crippen molar-refractivity contribution in [2.75, 3.05) is 10.2 Å². The Balaban J connectivity index is 1.40. The predicted octanol–water partition coefficient (Wildman–Crippen LogP) is 3.99. The van der Waals surface area contributed by atoms with Crippen LogP contribution in [0.25, 0.3) is 0 Å². The molecule has 0 unspecified atom stereocenters. The lowest BCUT2D eigenvalue weighted by Crippen LogP contribution is -2.47. The van der Waals surface area contributed by atoms with E-state index in [2.05, 4.69) is 10.4 Å². The number of aromatic hydroxyl groups is 1. The van der Waals surface area contributed by atoms with Crippen LogP contribution in [0.15, 0.2) is 79.0 Å². The largest absolute Gasteiger partial charge is 0.508 e. The summed E-state index contributed by atoms with van der Waals surface area (Å²) in [6.45, 7) is 2.25. The number of nitriles is 1. The summed E-state index contributed by atoms with van der Waals surface area (Å²) in [4.78, 5) is 41.0. The number of anilines is 2. The lowest BCUT2D eigenvalue weighted by atomic mass is 10.0. The van der Waals surface area contributed by atoms with Gasteiger partial charge in [-0.1, -0.05) is 18.2 Å². The van der Waals surface area contributed by atoms with Crippen LogP contribution in [0.2, 0.25) is 0 Å². The van der Waals surface area contributed by atoms with Crippen molar-refractivity contribution < 1.29 is 19.5 Å². The number of aromatic nitrogens is 2. The van der Waals surface area contributed by atoms with Crippen LogP contribution in [0.5, 0.6) is 5.75 Å². The summed E-state index contributed by atoms with van der Waals surface area (Å²) in [6.07, 6.45) is 1.37. The second-order valence-electron chi connectivity index (χ2n) is 8.69. The molecule has 2 amide bonds. The minimum Gasteiger partial charge on any atom is -0.508 e. The maximum atomic E-state index is 13.6. The van der Waals surface area contributed by atoms with Crippen molar-refractivity contribution in [1.82, 2.24) is 9.78 Å². The van der Waals surface area contributed by atoms with E-state index in [9.17, 15) is 19.5 Å². The number of benzene rings is 3. The summed E-state index contributed by atoms with van der Waals surface area (Å²) in [5.74, 6) is -1.15. The molecule has 37 heavy (non-hydrogen) atoms. The van der Waals surface area contributed by atoms with Crippen molar-refractivity contribution in [2.24, 2.45) is 0 Å². The molecule has 4 aromatic rings. The first-order valence-electron chi connectivity index (χ1n) is 11.5. The molecule has 3 aromatic carbocycles. The lowest BCUT2D eigenvalue weighted by molar-refractivity contribution is 0.0933. The first kappa shape index (κ1) is 23.5. The van der Waals surface area contributed by atoms with E-state index in [1.54, 1.807) is 65.6 Å². The van der Waals surface area contributed by atoms with Gasteiger partial charge in [-0.2, -0.15) is 10.4 Å². The minimum absolute atomic E-state index is 0.00410. The number of carbonyl (C=O) groups excluding carboxylic acids is 3. The van der Waals surface area contributed by atoms with Crippen molar-refractivity contribution >= 4 is 29.0 Å². The number of phenols is 1. The highest BCUT2D eigenvalue weighted by Crippen LogP contribution is 2.28. The van der Waals surface area contributed by atoms with Crippen molar-refractivity contribution in [3.8, 4) is 11.8 Å². The Hall–Kier alpha value is -5.23. The molecule has 0 radical (unpaired) electrons. The quantitative estimate of drug-likeness (QED) is 0.406. The number of nitrogens with one attached hydrogen (secondary N) is 1. The molecule has 0 aliphatic carbocycles. The normalized spacial score (nSPS) is 14.5. The van der Waals surface area contributed by atoms with Crippen molar-refractivity contribution in [2.45, 2.75) is 19.5 Å². The maximum Gasteiger partial charge on any atom is 0.277 e. The van der Waals surface area contributed by atoms with Gasteiger partial charge < -0.3 is 15.3 Å². The molecule has 9 nitrogen and oxygen atoms in total. The van der Waals surface area contributed by atoms with E-state index in [0.717, 1.165) is 0 Å². The average Bonchev–Trinajstić information content (AvgIpc) is 3.33. The number of fused-ring (bicyclic) bond motifs is 1. The molecule has 0 saturated carbocycles. The summed E-state index contributed by atoms with van der Waals surface area (Å²) in [6, 6.07) is 21.0. The van der Waals surface area contributed by atoms with Gasteiger partial charge in [0.2, 0.25) is 0 Å². The standard InChI is InChI=1S/C28H21N5O4/c1-17-16-32-25(24(15-30-32)27(36)31-21-6-2-4-18(12-21)14-29)28(37)33(17)22-10-8-19(9-11-22)26(35)20-5-3-7-23(34)13-20/h2-13,15,17,34H,16H2,1H3,(H,31,36)/t17-/m0/s1. The average molecular weight is 492 g/mol. The van der Waals surface area contributed by atoms with Gasteiger partial charge in [-0.3, -0.25) is 19.1 Å². The molecular formula is C28H21N5O4. The Kier molecular flexibility index (Phi) is 5.99. The molecule has 182 valence electrons. The summed E-state index contributed by atoms with van der Waals surface area (Å²) in [5, 5.41) is 25.7. The zero-order chi connectivity index (χ0) is 26.1. The smallest absolute Gasteiger partial charge is 0.277 e. The Morgan fingerprint density at radius 2 is 1.81 bits per heavy atom. The molecule has 1 aliphatic rings. The van der Waals surface area contributed by atoms with Gasteiger partial charge in [0.15, 0.2) is 5.78 Å². The van der Waals surface area contributed by atoms with Crippen LogP contribution in [0.3, 0.4) is 0 Å². The highest BCUT2D eigenvalue weighted by Gasteiger charge is 2.36. The molecule has 2 N–H and O–H groups in total.